The summed E-state index contributed by atoms with van der Waals surface area (Å²) in [6.45, 7) is 7.45. The van der Waals surface area contributed by atoms with Gasteiger partial charge in [-0.3, -0.25) is 15.2 Å². The van der Waals surface area contributed by atoms with E-state index in [1.54, 1.807) is 18.2 Å². The number of hydrogen-bond acceptors (Lipinski definition) is 7. The summed E-state index contributed by atoms with van der Waals surface area (Å²) < 4.78 is 0.755. The third kappa shape index (κ3) is 3.94. The van der Waals surface area contributed by atoms with Gasteiger partial charge in [0.25, 0.3) is 5.91 Å². The number of hydrogen-bond donors (Lipinski definition) is 3. The highest BCUT2D eigenvalue weighted by Gasteiger charge is 2.17. The zero-order chi connectivity index (χ0) is 18.7. The molecule has 0 bridgehead atoms. The second-order valence-electron chi connectivity index (χ2n) is 5.57. The smallest absolute Gasteiger partial charge is 0.275 e. The topological polar surface area (TPSA) is 104 Å². The van der Waals surface area contributed by atoms with Gasteiger partial charge in [0, 0.05) is 11.3 Å². The molecule has 3 N–H and O–H groups in total. The minimum atomic E-state index is -0.371. The monoisotopic (exact) mass is 387 g/mol. The number of aryl methyl sites for hydroxylation is 2. The highest BCUT2D eigenvalue weighted by molar-refractivity contribution is 8.01. The Morgan fingerprint density at radius 1 is 1.38 bits per heavy atom. The van der Waals surface area contributed by atoms with Gasteiger partial charge in [0.05, 0.1) is 5.69 Å². The summed E-state index contributed by atoms with van der Waals surface area (Å²) in [4.78, 5) is 12.4. The number of aromatic amines is 1. The van der Waals surface area contributed by atoms with Crippen molar-refractivity contribution >= 4 is 34.1 Å². The summed E-state index contributed by atoms with van der Waals surface area (Å²) >= 11 is 2.79. The van der Waals surface area contributed by atoms with E-state index in [1.807, 2.05) is 19.9 Å². The number of aromatic hydroxyl groups is 1. The second kappa shape index (κ2) is 7.71. The maximum Gasteiger partial charge on any atom is 0.275 e. The van der Waals surface area contributed by atoms with Crippen LogP contribution in [0.3, 0.4) is 0 Å². The lowest BCUT2D eigenvalue weighted by atomic mass is 10.0. The third-order valence-corrected chi connectivity index (χ3v) is 5.46. The van der Waals surface area contributed by atoms with Gasteiger partial charge in [0.15, 0.2) is 4.34 Å². The molecule has 0 unspecified atom stereocenters. The summed E-state index contributed by atoms with van der Waals surface area (Å²) in [6, 6.07) is 5.22. The van der Waals surface area contributed by atoms with Gasteiger partial charge in [-0.1, -0.05) is 35.2 Å². The Labute approximate surface area is 158 Å². The molecule has 0 radical (unpaired) electrons. The number of carbonyl (C=O) groups is 1. The number of aromatic nitrogens is 4. The van der Waals surface area contributed by atoms with Crippen LogP contribution in [0.15, 0.2) is 35.2 Å². The van der Waals surface area contributed by atoms with Crippen LogP contribution >= 0.6 is 23.1 Å². The van der Waals surface area contributed by atoms with Crippen molar-refractivity contribution in [2.45, 2.75) is 18.2 Å². The summed E-state index contributed by atoms with van der Waals surface area (Å²) in [5.41, 5.74) is 3.22. The van der Waals surface area contributed by atoms with E-state index in [1.165, 1.54) is 23.1 Å². The predicted molar refractivity (Wildman–Crippen MR) is 104 cm³/mol. The van der Waals surface area contributed by atoms with Crippen molar-refractivity contribution in [2.24, 2.45) is 0 Å². The van der Waals surface area contributed by atoms with Gasteiger partial charge in [-0.2, -0.15) is 5.10 Å². The number of nitrogens with zero attached hydrogens (tertiary/aromatic N) is 3. The molecular formula is C17H17N5O2S2. The lowest BCUT2D eigenvalue weighted by Crippen LogP contribution is -2.12. The molecule has 26 heavy (non-hydrogen) atoms. The molecule has 3 aromatic rings. The first-order chi connectivity index (χ1) is 12.5. The van der Waals surface area contributed by atoms with Gasteiger partial charge < -0.3 is 5.11 Å². The Morgan fingerprint density at radius 2 is 2.19 bits per heavy atom. The quantitative estimate of drug-likeness (QED) is 0.338. The summed E-state index contributed by atoms with van der Waals surface area (Å²) in [5, 5.41) is 28.1. The number of phenols is 1. The van der Waals surface area contributed by atoms with E-state index >= 15 is 0 Å². The molecule has 0 spiro atoms. The number of amides is 1. The molecule has 2 heterocycles. The van der Waals surface area contributed by atoms with Gasteiger partial charge >= 0.3 is 0 Å². The Bertz CT molecular complexity index is 941. The molecule has 134 valence electrons. The van der Waals surface area contributed by atoms with Crippen molar-refractivity contribution in [1.29, 1.82) is 0 Å². The fourth-order valence-corrected chi connectivity index (χ4v) is 3.97. The molecule has 0 aliphatic carbocycles. The van der Waals surface area contributed by atoms with E-state index in [4.69, 9.17) is 0 Å². The van der Waals surface area contributed by atoms with Crippen LogP contribution < -0.4 is 5.32 Å². The maximum atomic E-state index is 12.4. The number of H-pyrrole nitrogens is 1. The average Bonchev–Trinajstić information content (AvgIpc) is 3.21. The normalized spacial score (nSPS) is 10.7. The average molecular weight is 387 g/mol. The van der Waals surface area contributed by atoms with Crippen LogP contribution in [0.2, 0.25) is 0 Å². The van der Waals surface area contributed by atoms with Crippen molar-refractivity contribution in [3.8, 4) is 17.0 Å². The van der Waals surface area contributed by atoms with Gasteiger partial charge in [-0.15, -0.1) is 16.8 Å². The largest absolute Gasteiger partial charge is 0.507 e. The van der Waals surface area contributed by atoms with Crippen LogP contribution in [0.4, 0.5) is 5.13 Å². The van der Waals surface area contributed by atoms with Crippen LogP contribution in [0.25, 0.3) is 11.3 Å². The number of nitrogens with one attached hydrogen (secondary N) is 2. The lowest BCUT2D eigenvalue weighted by Gasteiger charge is -2.06. The first kappa shape index (κ1) is 18.2. The Hall–Kier alpha value is -2.65. The van der Waals surface area contributed by atoms with Crippen molar-refractivity contribution in [3.63, 3.8) is 0 Å². The number of benzene rings is 1. The fourth-order valence-electron chi connectivity index (χ4n) is 2.46. The zero-order valence-electron chi connectivity index (χ0n) is 14.2. The number of carbonyl (C=O) groups excluding carboxylic acids is 1. The molecule has 0 aliphatic rings. The molecule has 7 nitrogen and oxygen atoms in total. The number of thioether (sulfide) groups is 1. The number of phenolic OH excluding ortho intramolecular Hbond substituents is 1. The van der Waals surface area contributed by atoms with Crippen LogP contribution in [0.5, 0.6) is 5.75 Å². The molecule has 1 amide bonds. The molecule has 0 fully saturated rings. The highest BCUT2D eigenvalue weighted by Crippen LogP contribution is 2.32. The van der Waals surface area contributed by atoms with Gasteiger partial charge in [0.1, 0.15) is 11.4 Å². The van der Waals surface area contributed by atoms with Crippen LogP contribution in [-0.2, 0) is 0 Å². The molecule has 9 heteroatoms. The van der Waals surface area contributed by atoms with Crippen molar-refractivity contribution in [3.05, 3.63) is 47.7 Å². The van der Waals surface area contributed by atoms with Crippen molar-refractivity contribution < 1.29 is 9.90 Å². The number of anilines is 1. The minimum absolute atomic E-state index is 0.133. The zero-order valence-corrected chi connectivity index (χ0v) is 15.9. The Kier molecular flexibility index (Phi) is 5.38. The van der Waals surface area contributed by atoms with E-state index in [0.717, 1.165) is 21.2 Å². The molecule has 0 aliphatic heterocycles. The van der Waals surface area contributed by atoms with Crippen molar-refractivity contribution in [1.82, 2.24) is 20.4 Å². The molecule has 2 aromatic heterocycles. The SMILES string of the molecule is C=CCSc1nnc(NC(=O)c2cc(-c3c(C)cc(C)cc3O)n[nH]2)s1. The molecule has 0 saturated heterocycles. The van der Waals surface area contributed by atoms with Gasteiger partial charge in [0.2, 0.25) is 5.13 Å². The minimum Gasteiger partial charge on any atom is -0.507 e. The molecule has 0 atom stereocenters. The molecule has 3 rings (SSSR count). The van der Waals surface area contributed by atoms with E-state index in [-0.39, 0.29) is 17.4 Å². The van der Waals surface area contributed by atoms with E-state index < -0.39 is 0 Å². The lowest BCUT2D eigenvalue weighted by molar-refractivity contribution is 0.102. The van der Waals surface area contributed by atoms with Gasteiger partial charge in [-0.25, -0.2) is 0 Å². The first-order valence-corrected chi connectivity index (χ1v) is 9.52. The first-order valence-electron chi connectivity index (χ1n) is 7.72. The van der Waals surface area contributed by atoms with Crippen LogP contribution in [0.1, 0.15) is 21.6 Å². The fraction of sp³-hybridized carbons (Fsp3) is 0.176. The van der Waals surface area contributed by atoms with Gasteiger partial charge in [-0.05, 0) is 37.1 Å². The summed E-state index contributed by atoms with van der Waals surface area (Å²) in [6.07, 6.45) is 1.78. The highest BCUT2D eigenvalue weighted by atomic mass is 32.2. The van der Waals surface area contributed by atoms with E-state index in [9.17, 15) is 9.90 Å². The standard InChI is InChI=1S/C17H17N5O2S2/c1-4-5-25-17-22-21-16(26-17)18-15(24)12-8-11(19-20-12)14-10(3)6-9(2)7-13(14)23/h4,6-8,23H,1,5H2,2-3H3,(H,19,20)(H,18,21,24). The van der Waals surface area contributed by atoms with Crippen LogP contribution in [0, 0.1) is 13.8 Å². The summed E-state index contributed by atoms with van der Waals surface area (Å²) in [7, 11) is 0. The molecule has 0 saturated carbocycles. The molecular weight excluding hydrogens is 370 g/mol. The van der Waals surface area contributed by atoms with Crippen LogP contribution in [-0.4, -0.2) is 37.2 Å². The molecule has 1 aromatic carbocycles. The summed E-state index contributed by atoms with van der Waals surface area (Å²) in [5.74, 6) is 0.490. The predicted octanol–water partition coefficient (Wildman–Crippen LogP) is 3.78. The van der Waals surface area contributed by atoms with Crippen molar-refractivity contribution in [2.75, 3.05) is 11.1 Å². The third-order valence-electron chi connectivity index (χ3n) is 3.49. The maximum absolute atomic E-state index is 12.4. The Morgan fingerprint density at radius 3 is 2.92 bits per heavy atom. The second-order valence-corrected chi connectivity index (χ2v) is 7.81. The van der Waals surface area contributed by atoms with E-state index in [2.05, 4.69) is 32.3 Å². The Balaban J connectivity index is 1.76. The van der Waals surface area contributed by atoms with E-state index in [0.29, 0.717) is 16.4 Å². The number of rotatable bonds is 6.